The molecule has 160 valence electrons. The first-order valence-electron chi connectivity index (χ1n) is 9.61. The first kappa shape index (κ1) is 21.6. The zero-order valence-corrected chi connectivity index (χ0v) is 17.7. The highest BCUT2D eigenvalue weighted by Gasteiger charge is 2.35. The number of amides is 1. The molecule has 2 atom stereocenters. The molecule has 2 heterocycles. The number of hydrogen-bond donors (Lipinski definition) is 1. The van der Waals surface area contributed by atoms with Gasteiger partial charge >= 0.3 is 11.9 Å². The number of hydrogen-bond acceptors (Lipinski definition) is 8. The van der Waals surface area contributed by atoms with Crippen LogP contribution < -0.4 is 14.8 Å². The third-order valence-corrected chi connectivity index (χ3v) is 5.49. The minimum atomic E-state index is -0.990. The molecule has 8 nitrogen and oxygen atoms in total. The van der Waals surface area contributed by atoms with E-state index in [-0.39, 0.29) is 12.2 Å². The van der Waals surface area contributed by atoms with Crippen LogP contribution in [0, 0.1) is 0 Å². The molecule has 0 saturated carbocycles. The van der Waals surface area contributed by atoms with E-state index in [1.165, 1.54) is 11.3 Å². The fourth-order valence-corrected chi connectivity index (χ4v) is 3.83. The second-order valence-electron chi connectivity index (χ2n) is 6.49. The van der Waals surface area contributed by atoms with Gasteiger partial charge in [-0.25, -0.2) is 9.59 Å². The number of carbonyl (C=O) groups is 3. The molecule has 2 unspecified atom stereocenters. The molecule has 0 aliphatic carbocycles. The lowest BCUT2D eigenvalue weighted by Gasteiger charge is -2.30. The molecule has 1 aliphatic rings. The number of anilines is 1. The molecular weight excluding hydrogens is 410 g/mol. The Morgan fingerprint density at radius 2 is 1.80 bits per heavy atom. The van der Waals surface area contributed by atoms with Gasteiger partial charge in [0, 0.05) is 4.88 Å². The Morgan fingerprint density at radius 3 is 2.47 bits per heavy atom. The summed E-state index contributed by atoms with van der Waals surface area (Å²) in [6, 6.07) is 8.69. The van der Waals surface area contributed by atoms with Crippen LogP contribution in [0.5, 0.6) is 11.5 Å². The highest BCUT2D eigenvalue weighted by Crippen LogP contribution is 2.34. The first-order valence-corrected chi connectivity index (χ1v) is 10.4. The average Bonchev–Trinajstić information content (AvgIpc) is 3.14. The van der Waals surface area contributed by atoms with Crippen molar-refractivity contribution in [3.63, 3.8) is 0 Å². The number of nitrogens with one attached hydrogen (secondary N) is 1. The Bertz CT molecular complexity index is 939. The van der Waals surface area contributed by atoms with Gasteiger partial charge in [0.2, 0.25) is 6.10 Å². The molecule has 9 heteroatoms. The molecular formula is C21H23NO7S. The van der Waals surface area contributed by atoms with Gasteiger partial charge in [0.1, 0.15) is 11.1 Å². The van der Waals surface area contributed by atoms with E-state index in [0.29, 0.717) is 22.9 Å². The van der Waals surface area contributed by atoms with Crippen molar-refractivity contribution >= 4 is 34.2 Å². The summed E-state index contributed by atoms with van der Waals surface area (Å²) >= 11 is 1.28. The van der Waals surface area contributed by atoms with Crippen molar-refractivity contribution < 1.29 is 33.3 Å². The summed E-state index contributed by atoms with van der Waals surface area (Å²) in [6.45, 7) is 5.05. The van der Waals surface area contributed by atoms with Crippen LogP contribution >= 0.6 is 11.3 Å². The van der Waals surface area contributed by atoms with Crippen LogP contribution in [0.3, 0.4) is 0 Å². The average molecular weight is 433 g/mol. The van der Waals surface area contributed by atoms with Crippen LogP contribution in [0.25, 0.3) is 0 Å². The van der Waals surface area contributed by atoms with E-state index < -0.39 is 36.7 Å². The SMILES string of the molecule is CCOC(=O)c1cc(CC)sc1NC(=O)COC(=O)C1Oc2ccccc2OC1C. The number of aryl methyl sites for hydroxylation is 1. The van der Waals surface area contributed by atoms with Gasteiger partial charge in [0.25, 0.3) is 5.91 Å². The molecule has 0 spiro atoms. The molecule has 2 aromatic rings. The summed E-state index contributed by atoms with van der Waals surface area (Å²) in [5.41, 5.74) is 0.285. The molecule has 1 aromatic carbocycles. The van der Waals surface area contributed by atoms with Crippen molar-refractivity contribution in [1.29, 1.82) is 0 Å². The van der Waals surface area contributed by atoms with Gasteiger partial charge in [-0.15, -0.1) is 11.3 Å². The monoisotopic (exact) mass is 433 g/mol. The maximum absolute atomic E-state index is 12.4. The van der Waals surface area contributed by atoms with Gasteiger partial charge in [-0.2, -0.15) is 0 Å². The molecule has 1 aromatic heterocycles. The van der Waals surface area contributed by atoms with Crippen molar-refractivity contribution in [1.82, 2.24) is 0 Å². The lowest BCUT2D eigenvalue weighted by molar-refractivity contribution is -0.159. The Morgan fingerprint density at radius 1 is 1.10 bits per heavy atom. The van der Waals surface area contributed by atoms with Crippen molar-refractivity contribution in [2.45, 2.75) is 39.4 Å². The zero-order valence-electron chi connectivity index (χ0n) is 16.9. The Hall–Kier alpha value is -3.07. The van der Waals surface area contributed by atoms with Crippen molar-refractivity contribution in [2.75, 3.05) is 18.5 Å². The highest BCUT2D eigenvalue weighted by atomic mass is 32.1. The third-order valence-electron chi connectivity index (χ3n) is 4.30. The standard InChI is InChI=1S/C21H23NO7S/c1-4-13-10-14(20(24)26-5-2)19(30-13)22-17(23)11-27-21(25)18-12(3)28-15-8-6-7-9-16(15)29-18/h6-10,12,18H,4-5,11H2,1-3H3,(H,22,23). The number of ether oxygens (including phenoxy) is 4. The normalized spacial score (nSPS) is 17.2. The van der Waals surface area contributed by atoms with Crippen LogP contribution in [0.1, 0.15) is 36.0 Å². The molecule has 0 bridgehead atoms. The summed E-state index contributed by atoms with van der Waals surface area (Å²) in [4.78, 5) is 37.7. The molecule has 0 saturated heterocycles. The minimum absolute atomic E-state index is 0.228. The van der Waals surface area contributed by atoms with Crippen molar-refractivity contribution in [3.8, 4) is 11.5 Å². The Balaban J connectivity index is 1.59. The lowest BCUT2D eigenvalue weighted by atomic mass is 10.2. The highest BCUT2D eigenvalue weighted by molar-refractivity contribution is 7.16. The fraction of sp³-hybridized carbons (Fsp3) is 0.381. The summed E-state index contributed by atoms with van der Waals surface area (Å²) < 4.78 is 21.5. The van der Waals surface area contributed by atoms with Crippen LogP contribution in [0.2, 0.25) is 0 Å². The fourth-order valence-electron chi connectivity index (χ4n) is 2.83. The molecule has 30 heavy (non-hydrogen) atoms. The van der Waals surface area contributed by atoms with Crippen LogP contribution in [0.15, 0.2) is 30.3 Å². The van der Waals surface area contributed by atoms with Gasteiger partial charge < -0.3 is 24.3 Å². The first-order chi connectivity index (χ1) is 14.4. The summed E-state index contributed by atoms with van der Waals surface area (Å²) in [6.07, 6.45) is -0.855. The summed E-state index contributed by atoms with van der Waals surface area (Å²) in [5, 5.41) is 2.99. The summed E-state index contributed by atoms with van der Waals surface area (Å²) in [7, 11) is 0. The van der Waals surface area contributed by atoms with Crippen LogP contribution in [-0.2, 0) is 25.5 Å². The van der Waals surface area contributed by atoms with Gasteiger partial charge in [0.15, 0.2) is 18.1 Å². The molecule has 0 fully saturated rings. The van der Waals surface area contributed by atoms with E-state index in [1.54, 1.807) is 44.2 Å². The van der Waals surface area contributed by atoms with E-state index >= 15 is 0 Å². The second-order valence-corrected chi connectivity index (χ2v) is 7.63. The number of benzene rings is 1. The number of para-hydroxylation sites is 2. The summed E-state index contributed by atoms with van der Waals surface area (Å²) in [5.74, 6) is -0.808. The van der Waals surface area contributed by atoms with Crippen LogP contribution in [-0.4, -0.2) is 43.3 Å². The van der Waals surface area contributed by atoms with E-state index in [4.69, 9.17) is 18.9 Å². The van der Waals surface area contributed by atoms with E-state index in [2.05, 4.69) is 5.32 Å². The smallest absolute Gasteiger partial charge is 0.351 e. The minimum Gasteiger partial charge on any atom is -0.482 e. The second kappa shape index (κ2) is 9.62. The molecule has 1 aliphatic heterocycles. The Labute approximate surface area is 178 Å². The third kappa shape index (κ3) is 4.91. The van der Waals surface area contributed by atoms with E-state index in [1.807, 2.05) is 6.92 Å². The number of fused-ring (bicyclic) bond motifs is 1. The van der Waals surface area contributed by atoms with Gasteiger partial charge in [-0.3, -0.25) is 4.79 Å². The number of carbonyl (C=O) groups excluding carboxylic acids is 3. The predicted molar refractivity (Wildman–Crippen MR) is 110 cm³/mol. The molecule has 0 radical (unpaired) electrons. The van der Waals surface area contributed by atoms with E-state index in [0.717, 1.165) is 4.88 Å². The number of esters is 2. The lowest BCUT2D eigenvalue weighted by Crippen LogP contribution is -2.45. The Kier molecular flexibility index (Phi) is 6.94. The predicted octanol–water partition coefficient (Wildman–Crippen LogP) is 3.20. The van der Waals surface area contributed by atoms with Crippen molar-refractivity contribution in [3.05, 3.63) is 40.8 Å². The number of rotatable bonds is 7. The van der Waals surface area contributed by atoms with Gasteiger partial charge in [-0.1, -0.05) is 19.1 Å². The van der Waals surface area contributed by atoms with E-state index in [9.17, 15) is 14.4 Å². The van der Waals surface area contributed by atoms with Crippen LogP contribution in [0.4, 0.5) is 5.00 Å². The largest absolute Gasteiger partial charge is 0.482 e. The molecule has 1 N–H and O–H groups in total. The quantitative estimate of drug-likeness (QED) is 0.669. The maximum Gasteiger partial charge on any atom is 0.351 e. The van der Waals surface area contributed by atoms with Crippen molar-refractivity contribution in [2.24, 2.45) is 0 Å². The maximum atomic E-state index is 12.4. The van der Waals surface area contributed by atoms with Gasteiger partial charge in [0.05, 0.1) is 12.2 Å². The number of thiophene rings is 1. The van der Waals surface area contributed by atoms with Gasteiger partial charge in [-0.05, 0) is 38.5 Å². The molecule has 1 amide bonds. The zero-order chi connectivity index (χ0) is 21.7. The topological polar surface area (TPSA) is 100 Å². The molecule has 3 rings (SSSR count).